The van der Waals surface area contributed by atoms with Crippen LogP contribution in [0.4, 0.5) is 11.4 Å². The lowest BCUT2D eigenvalue weighted by Crippen LogP contribution is -2.17. The minimum absolute atomic E-state index is 0.233. The van der Waals surface area contributed by atoms with Gasteiger partial charge in [0.05, 0.1) is 0 Å². The Morgan fingerprint density at radius 1 is 1.20 bits per heavy atom. The van der Waals surface area contributed by atoms with Gasteiger partial charge in [0.1, 0.15) is 0 Å². The molecule has 1 rings (SSSR count). The Labute approximate surface area is 89.4 Å². The van der Waals surface area contributed by atoms with Gasteiger partial charge in [0.2, 0.25) is 0 Å². The Morgan fingerprint density at radius 3 is 2.07 bits per heavy atom. The molecule has 0 aliphatic carbocycles. The number of anilines is 2. The molecule has 1 unspecified atom stereocenters. The minimum atomic E-state index is -4.21. The molecule has 0 amide bonds. The maximum absolute atomic E-state index is 11.0. The van der Waals surface area contributed by atoms with E-state index in [9.17, 15) is 12.6 Å². The van der Waals surface area contributed by atoms with Crippen LogP contribution in [0.2, 0.25) is 0 Å². The predicted molar refractivity (Wildman–Crippen MR) is 59.3 cm³/mol. The molecule has 0 aromatic heterocycles. The molecule has 8 heteroatoms. The summed E-state index contributed by atoms with van der Waals surface area (Å²) < 4.78 is 42.8. The first-order valence-corrected chi connectivity index (χ1v) is 6.98. The van der Waals surface area contributed by atoms with Crippen LogP contribution in [0.1, 0.15) is 0 Å². The Morgan fingerprint density at radius 2 is 1.67 bits per heavy atom. The SMILES string of the molecule is CNc1ccc(NS(=O)(=O)S(=O)O)cc1. The molecule has 3 N–H and O–H groups in total. The molecule has 0 heterocycles. The van der Waals surface area contributed by atoms with Crippen molar-refractivity contribution < 1.29 is 17.2 Å². The van der Waals surface area contributed by atoms with E-state index in [-0.39, 0.29) is 5.69 Å². The summed E-state index contributed by atoms with van der Waals surface area (Å²) in [4.78, 5) is 0. The zero-order valence-corrected chi connectivity index (χ0v) is 9.43. The number of rotatable bonds is 4. The standard InChI is InChI=1S/C7H10N2O4S2/c1-8-6-2-4-7(5-3-6)9-15(12,13)14(10)11/h2-5,8-9H,1H3,(H,10,11). The second-order valence-corrected chi connectivity index (χ2v) is 6.32. The van der Waals surface area contributed by atoms with Gasteiger partial charge in [-0.15, -0.1) is 0 Å². The highest BCUT2D eigenvalue weighted by molar-refractivity contribution is 8.62. The zero-order valence-electron chi connectivity index (χ0n) is 7.80. The molecule has 1 aromatic rings. The minimum Gasteiger partial charge on any atom is -0.388 e. The first-order chi connectivity index (χ1) is 6.95. The van der Waals surface area contributed by atoms with Gasteiger partial charge >= 0.3 is 9.06 Å². The van der Waals surface area contributed by atoms with Crippen molar-refractivity contribution in [3.05, 3.63) is 24.3 Å². The number of benzene rings is 1. The summed E-state index contributed by atoms with van der Waals surface area (Å²) in [6.07, 6.45) is 0. The van der Waals surface area contributed by atoms with Crippen LogP contribution in [0.15, 0.2) is 24.3 Å². The molecule has 84 valence electrons. The summed E-state index contributed by atoms with van der Waals surface area (Å²) in [7, 11) is -5.43. The van der Waals surface area contributed by atoms with E-state index in [2.05, 4.69) is 5.32 Å². The Hall–Kier alpha value is -1.12. The topological polar surface area (TPSA) is 95.5 Å². The summed E-state index contributed by atoms with van der Waals surface area (Å²) in [6, 6.07) is 6.24. The summed E-state index contributed by atoms with van der Waals surface area (Å²) >= 11 is 0. The number of hydrogen-bond acceptors (Lipinski definition) is 4. The normalized spacial score (nSPS) is 13.2. The van der Waals surface area contributed by atoms with Gasteiger partial charge in [-0.25, -0.2) is 4.21 Å². The first-order valence-electron chi connectivity index (χ1n) is 3.87. The van der Waals surface area contributed by atoms with Gasteiger partial charge in [0, 0.05) is 18.4 Å². The molecule has 0 saturated carbocycles. The molecule has 0 bridgehead atoms. The predicted octanol–water partition coefficient (Wildman–Crippen LogP) is 0.607. The smallest absolute Gasteiger partial charge is 0.339 e. The highest BCUT2D eigenvalue weighted by atomic mass is 33.2. The van der Waals surface area contributed by atoms with E-state index in [1.54, 1.807) is 19.2 Å². The average Bonchev–Trinajstić information content (AvgIpc) is 2.18. The quantitative estimate of drug-likeness (QED) is 0.537. The van der Waals surface area contributed by atoms with Crippen molar-refractivity contribution in [2.75, 3.05) is 17.1 Å². The monoisotopic (exact) mass is 250 g/mol. The molecule has 0 radical (unpaired) electrons. The summed E-state index contributed by atoms with van der Waals surface area (Å²) in [5.74, 6) is 0. The van der Waals surface area contributed by atoms with Crippen LogP contribution < -0.4 is 10.0 Å². The third kappa shape index (κ3) is 3.18. The van der Waals surface area contributed by atoms with Crippen LogP contribution in [-0.4, -0.2) is 24.2 Å². The molecular weight excluding hydrogens is 240 g/mol. The molecule has 0 aliphatic heterocycles. The molecule has 6 nitrogen and oxygen atoms in total. The van der Waals surface area contributed by atoms with Crippen molar-refractivity contribution in [3.8, 4) is 0 Å². The lowest BCUT2D eigenvalue weighted by Gasteiger charge is -2.05. The third-order valence-corrected chi connectivity index (χ3v) is 3.84. The van der Waals surface area contributed by atoms with E-state index in [1.807, 2.05) is 4.72 Å². The largest absolute Gasteiger partial charge is 0.388 e. The molecule has 1 atom stereocenters. The van der Waals surface area contributed by atoms with E-state index in [0.29, 0.717) is 0 Å². The molecule has 0 spiro atoms. The lowest BCUT2D eigenvalue weighted by molar-refractivity contribution is 0.564. The highest BCUT2D eigenvalue weighted by Gasteiger charge is 2.17. The highest BCUT2D eigenvalue weighted by Crippen LogP contribution is 2.14. The molecular formula is C7H10N2O4S2. The van der Waals surface area contributed by atoms with Crippen LogP contribution >= 0.6 is 0 Å². The Balaban J connectivity index is 2.87. The first kappa shape index (κ1) is 12.0. The second kappa shape index (κ2) is 4.60. The Kier molecular flexibility index (Phi) is 3.66. The number of nitrogens with one attached hydrogen (secondary N) is 2. The molecule has 0 saturated heterocycles. The van der Waals surface area contributed by atoms with Crippen molar-refractivity contribution in [1.29, 1.82) is 0 Å². The van der Waals surface area contributed by atoms with Crippen molar-refractivity contribution in [1.82, 2.24) is 0 Å². The Bertz CT molecular complexity index is 454. The van der Waals surface area contributed by atoms with Crippen LogP contribution in [0.5, 0.6) is 0 Å². The fraction of sp³-hybridized carbons (Fsp3) is 0.143. The molecule has 15 heavy (non-hydrogen) atoms. The molecule has 0 aliphatic rings. The van der Waals surface area contributed by atoms with Gasteiger partial charge in [-0.1, -0.05) is 0 Å². The maximum atomic E-state index is 11.0. The fourth-order valence-corrected chi connectivity index (χ4v) is 1.88. The van der Waals surface area contributed by atoms with Gasteiger partial charge in [-0.2, -0.15) is 8.42 Å². The molecule has 1 aromatic carbocycles. The zero-order chi connectivity index (χ0) is 11.5. The van der Waals surface area contributed by atoms with Crippen LogP contribution in [0, 0.1) is 0 Å². The van der Waals surface area contributed by atoms with E-state index in [4.69, 9.17) is 4.55 Å². The van der Waals surface area contributed by atoms with Gasteiger partial charge in [-0.3, -0.25) is 9.27 Å². The van der Waals surface area contributed by atoms with Crippen molar-refractivity contribution in [3.63, 3.8) is 0 Å². The van der Waals surface area contributed by atoms with E-state index < -0.39 is 19.2 Å². The second-order valence-electron chi connectivity index (χ2n) is 2.60. The van der Waals surface area contributed by atoms with E-state index >= 15 is 0 Å². The van der Waals surface area contributed by atoms with Crippen molar-refractivity contribution in [2.24, 2.45) is 0 Å². The van der Waals surface area contributed by atoms with Gasteiger partial charge in [0.15, 0.2) is 0 Å². The summed E-state index contributed by atoms with van der Waals surface area (Å²) in [5, 5.41) is 2.85. The van der Waals surface area contributed by atoms with Gasteiger partial charge in [-0.05, 0) is 24.3 Å². The van der Waals surface area contributed by atoms with Gasteiger partial charge < -0.3 is 5.32 Å². The molecule has 0 fully saturated rings. The average molecular weight is 250 g/mol. The van der Waals surface area contributed by atoms with Crippen LogP contribution in [-0.2, 0) is 19.2 Å². The fourth-order valence-electron chi connectivity index (χ4n) is 0.885. The van der Waals surface area contributed by atoms with E-state index in [1.165, 1.54) is 12.1 Å². The third-order valence-electron chi connectivity index (χ3n) is 1.60. The lowest BCUT2D eigenvalue weighted by atomic mass is 10.3. The van der Waals surface area contributed by atoms with Crippen LogP contribution in [0.25, 0.3) is 0 Å². The maximum Gasteiger partial charge on any atom is 0.339 e. The van der Waals surface area contributed by atoms with E-state index in [0.717, 1.165) is 5.69 Å². The van der Waals surface area contributed by atoms with Gasteiger partial charge in [0.25, 0.3) is 10.1 Å². The van der Waals surface area contributed by atoms with Crippen molar-refractivity contribution >= 4 is 30.5 Å². The summed E-state index contributed by atoms with van der Waals surface area (Å²) in [6.45, 7) is 0. The van der Waals surface area contributed by atoms with Crippen molar-refractivity contribution in [2.45, 2.75) is 0 Å². The number of hydrogen-bond donors (Lipinski definition) is 3. The van der Waals surface area contributed by atoms with Crippen LogP contribution in [0.3, 0.4) is 0 Å². The summed E-state index contributed by atoms with van der Waals surface area (Å²) in [5.41, 5.74) is 1.04.